The Bertz CT molecular complexity index is 276. The van der Waals surface area contributed by atoms with E-state index in [0.717, 1.165) is 0 Å². The fourth-order valence-electron chi connectivity index (χ4n) is 0.659. The van der Waals surface area contributed by atoms with E-state index in [9.17, 15) is 0 Å². The maximum Gasteiger partial charge on any atom is 0.210 e. The predicted octanol–water partition coefficient (Wildman–Crippen LogP) is -0.753. The highest BCUT2D eigenvalue weighted by Gasteiger charge is 2.04. The zero-order valence-corrected chi connectivity index (χ0v) is 7.16. The minimum absolute atomic E-state index is 0.352. The molecule has 1 rings (SSSR count). The molecule has 0 radical (unpaired) electrons. The van der Waals surface area contributed by atoms with Gasteiger partial charge in [-0.2, -0.15) is 5.26 Å². The molecule has 64 valence electrons. The van der Waals surface area contributed by atoms with Gasteiger partial charge in [-0.25, -0.2) is 4.68 Å². The molecule has 1 aromatic rings. The van der Waals surface area contributed by atoms with Crippen molar-refractivity contribution in [3.8, 4) is 6.07 Å². The molecule has 0 aliphatic carbocycles. The van der Waals surface area contributed by atoms with Crippen molar-refractivity contribution in [1.82, 2.24) is 20.2 Å². The van der Waals surface area contributed by atoms with Crippen molar-refractivity contribution < 1.29 is 0 Å². The van der Waals surface area contributed by atoms with E-state index >= 15 is 0 Å². The average Bonchev–Trinajstić information content (AvgIpc) is 2.50. The normalized spacial score (nSPS) is 9.67. The molecule has 0 spiro atoms. The zero-order chi connectivity index (χ0) is 8.81. The van der Waals surface area contributed by atoms with Crippen molar-refractivity contribution in [2.75, 3.05) is 12.3 Å². The summed E-state index contributed by atoms with van der Waals surface area (Å²) in [4.78, 5) is 0. The first-order valence-electron chi connectivity index (χ1n) is 3.34. The van der Waals surface area contributed by atoms with E-state index in [1.165, 1.54) is 11.8 Å². The third-order valence-corrected chi connectivity index (χ3v) is 1.93. The summed E-state index contributed by atoms with van der Waals surface area (Å²) in [5.74, 6) is 0.352. The molecule has 0 aliphatic heterocycles. The molecule has 0 atom stereocenters. The molecule has 0 amide bonds. The number of aromatic nitrogens is 4. The molecule has 6 nitrogen and oxygen atoms in total. The summed E-state index contributed by atoms with van der Waals surface area (Å²) in [5, 5.41) is 19.9. The molecule has 0 bridgehead atoms. The molecule has 0 unspecified atom stereocenters. The molecule has 0 fully saturated rings. The second kappa shape index (κ2) is 4.69. The second-order valence-electron chi connectivity index (χ2n) is 1.92. The Balaban J connectivity index is 2.58. The Hall–Kier alpha value is -1.13. The van der Waals surface area contributed by atoms with Gasteiger partial charge in [0.15, 0.2) is 0 Å². The van der Waals surface area contributed by atoms with Crippen LogP contribution in [0, 0.1) is 11.3 Å². The van der Waals surface area contributed by atoms with Crippen molar-refractivity contribution in [2.45, 2.75) is 11.7 Å². The summed E-state index contributed by atoms with van der Waals surface area (Å²) in [7, 11) is 0. The summed E-state index contributed by atoms with van der Waals surface area (Å²) >= 11 is 1.30. The smallest absolute Gasteiger partial charge is 0.210 e. The number of nitrogens with two attached hydrogens (primary N) is 1. The summed E-state index contributed by atoms with van der Waals surface area (Å²) in [6.45, 7) is 1.08. The van der Waals surface area contributed by atoms with Gasteiger partial charge in [0.25, 0.3) is 0 Å². The predicted molar refractivity (Wildman–Crippen MR) is 43.2 cm³/mol. The molecule has 2 N–H and O–H groups in total. The first kappa shape index (κ1) is 8.96. The van der Waals surface area contributed by atoms with Crippen LogP contribution in [0.2, 0.25) is 0 Å². The van der Waals surface area contributed by atoms with E-state index in [4.69, 9.17) is 11.0 Å². The van der Waals surface area contributed by atoms with Crippen LogP contribution in [0.5, 0.6) is 0 Å². The topological polar surface area (TPSA) is 93.4 Å². The quantitative estimate of drug-likeness (QED) is 0.619. The van der Waals surface area contributed by atoms with Crippen molar-refractivity contribution in [3.63, 3.8) is 0 Å². The van der Waals surface area contributed by atoms with Gasteiger partial charge >= 0.3 is 0 Å². The molecule has 0 aromatic carbocycles. The number of hydrogen-bond acceptors (Lipinski definition) is 6. The van der Waals surface area contributed by atoms with Gasteiger partial charge in [-0.05, 0) is 10.4 Å². The fourth-order valence-corrected chi connectivity index (χ4v) is 1.22. The summed E-state index contributed by atoms with van der Waals surface area (Å²) in [6.07, 6.45) is 0. The Morgan fingerprint density at radius 2 is 2.50 bits per heavy atom. The van der Waals surface area contributed by atoms with Gasteiger partial charge in [0, 0.05) is 6.54 Å². The highest BCUT2D eigenvalue weighted by Crippen LogP contribution is 2.11. The SMILES string of the molecule is N#CCSc1nnnn1CCN. The third-order valence-electron chi connectivity index (χ3n) is 1.11. The van der Waals surface area contributed by atoms with E-state index in [2.05, 4.69) is 15.5 Å². The lowest BCUT2D eigenvalue weighted by atomic mass is 10.7. The lowest BCUT2D eigenvalue weighted by molar-refractivity contribution is 0.557. The van der Waals surface area contributed by atoms with Crippen LogP contribution in [0.25, 0.3) is 0 Å². The Morgan fingerprint density at radius 1 is 1.67 bits per heavy atom. The van der Waals surface area contributed by atoms with E-state index in [-0.39, 0.29) is 0 Å². The molecule has 12 heavy (non-hydrogen) atoms. The Kier molecular flexibility index (Phi) is 3.50. The molecular formula is C5H8N6S. The molecule has 1 aromatic heterocycles. The molecule has 7 heteroatoms. The van der Waals surface area contributed by atoms with Gasteiger partial charge in [-0.3, -0.25) is 0 Å². The van der Waals surface area contributed by atoms with Gasteiger partial charge in [-0.15, -0.1) is 5.10 Å². The Labute approximate surface area is 73.7 Å². The van der Waals surface area contributed by atoms with Crippen LogP contribution in [-0.2, 0) is 6.54 Å². The minimum Gasteiger partial charge on any atom is -0.329 e. The van der Waals surface area contributed by atoms with E-state index in [1.807, 2.05) is 6.07 Å². The van der Waals surface area contributed by atoms with Crippen LogP contribution in [0.15, 0.2) is 5.16 Å². The van der Waals surface area contributed by atoms with E-state index < -0.39 is 0 Å². The number of rotatable bonds is 4. The summed E-state index contributed by atoms with van der Waals surface area (Å²) in [5.41, 5.74) is 5.33. The lowest BCUT2D eigenvalue weighted by Crippen LogP contribution is -2.12. The molecule has 0 aliphatic rings. The van der Waals surface area contributed by atoms with Crippen LogP contribution in [0.4, 0.5) is 0 Å². The first-order chi connectivity index (χ1) is 5.88. The first-order valence-corrected chi connectivity index (χ1v) is 4.33. The second-order valence-corrected chi connectivity index (χ2v) is 2.86. The molecule has 0 saturated carbocycles. The number of tetrazole rings is 1. The fraction of sp³-hybridized carbons (Fsp3) is 0.600. The van der Waals surface area contributed by atoms with Gasteiger partial charge in [-0.1, -0.05) is 11.8 Å². The van der Waals surface area contributed by atoms with Crippen LogP contribution in [0.1, 0.15) is 0 Å². The van der Waals surface area contributed by atoms with Gasteiger partial charge < -0.3 is 5.73 Å². The van der Waals surface area contributed by atoms with Gasteiger partial charge in [0.05, 0.1) is 18.4 Å². The standard InChI is InChI=1S/C5H8N6S/c6-1-3-11-5(8-9-10-11)12-4-2-7/h1,3-4,6H2. The maximum absolute atomic E-state index is 8.31. The number of nitriles is 1. The van der Waals surface area contributed by atoms with Gasteiger partial charge in [0.2, 0.25) is 5.16 Å². The number of hydrogen-bond donors (Lipinski definition) is 1. The molecular weight excluding hydrogens is 176 g/mol. The highest BCUT2D eigenvalue weighted by atomic mass is 32.2. The summed E-state index contributed by atoms with van der Waals surface area (Å²) in [6, 6.07) is 2.00. The molecule has 1 heterocycles. The lowest BCUT2D eigenvalue weighted by Gasteiger charge is -1.98. The van der Waals surface area contributed by atoms with Crippen molar-refractivity contribution in [1.29, 1.82) is 5.26 Å². The average molecular weight is 184 g/mol. The minimum atomic E-state index is 0.352. The van der Waals surface area contributed by atoms with Crippen molar-refractivity contribution in [2.24, 2.45) is 5.73 Å². The van der Waals surface area contributed by atoms with Crippen LogP contribution >= 0.6 is 11.8 Å². The summed E-state index contributed by atoms with van der Waals surface area (Å²) < 4.78 is 1.59. The van der Waals surface area contributed by atoms with Crippen LogP contribution in [-0.4, -0.2) is 32.5 Å². The number of thioether (sulfide) groups is 1. The van der Waals surface area contributed by atoms with E-state index in [0.29, 0.717) is 24.0 Å². The van der Waals surface area contributed by atoms with Crippen molar-refractivity contribution in [3.05, 3.63) is 0 Å². The van der Waals surface area contributed by atoms with Gasteiger partial charge in [0.1, 0.15) is 0 Å². The third kappa shape index (κ3) is 2.18. The van der Waals surface area contributed by atoms with Crippen LogP contribution in [0.3, 0.4) is 0 Å². The molecule has 0 saturated heterocycles. The Morgan fingerprint density at radius 3 is 3.17 bits per heavy atom. The largest absolute Gasteiger partial charge is 0.329 e. The van der Waals surface area contributed by atoms with Crippen LogP contribution < -0.4 is 5.73 Å². The highest BCUT2D eigenvalue weighted by molar-refractivity contribution is 7.99. The monoisotopic (exact) mass is 184 g/mol. The maximum atomic E-state index is 8.31. The van der Waals surface area contributed by atoms with E-state index in [1.54, 1.807) is 4.68 Å². The van der Waals surface area contributed by atoms with Crippen molar-refractivity contribution >= 4 is 11.8 Å². The zero-order valence-electron chi connectivity index (χ0n) is 6.34. The number of nitrogens with zero attached hydrogens (tertiary/aromatic N) is 5.